The third-order valence-corrected chi connectivity index (χ3v) is 2.33. The number of carboxylic acids is 1. The van der Waals surface area contributed by atoms with Gasteiger partial charge in [0.2, 0.25) is 0 Å². The number of urea groups is 1. The lowest BCUT2D eigenvalue weighted by molar-refractivity contribution is -0.142. The Labute approximate surface area is 96.6 Å². The molecule has 0 rings (SSSR count). The Balaban J connectivity index is 4.03. The fourth-order valence-corrected chi connectivity index (χ4v) is 1.18. The number of carbonyl (C=O) groups excluding carboxylic acids is 1. The van der Waals surface area contributed by atoms with Crippen molar-refractivity contribution in [2.75, 3.05) is 0 Å². The zero-order chi connectivity index (χ0) is 12.8. The van der Waals surface area contributed by atoms with E-state index in [9.17, 15) is 9.59 Å². The molecule has 0 spiro atoms. The molecule has 0 fully saturated rings. The van der Waals surface area contributed by atoms with Gasteiger partial charge in [0.05, 0.1) is 0 Å². The van der Waals surface area contributed by atoms with E-state index in [0.717, 1.165) is 19.3 Å². The molecule has 0 bridgehead atoms. The summed E-state index contributed by atoms with van der Waals surface area (Å²) >= 11 is 0. The Kier molecular flexibility index (Phi) is 5.85. The van der Waals surface area contributed by atoms with Gasteiger partial charge in [0.15, 0.2) is 0 Å². The molecule has 0 heterocycles. The van der Waals surface area contributed by atoms with Gasteiger partial charge in [-0.2, -0.15) is 0 Å². The maximum Gasteiger partial charge on any atom is 0.328 e. The normalized spacial score (nSPS) is 13.0. The summed E-state index contributed by atoms with van der Waals surface area (Å²) in [7, 11) is 0. The Morgan fingerprint density at radius 2 is 1.94 bits per heavy atom. The first kappa shape index (κ1) is 14.7. The first-order chi connectivity index (χ1) is 7.29. The molecule has 0 aliphatic carbocycles. The number of hydrogen-bond acceptors (Lipinski definition) is 2. The number of hydrogen-bond donors (Lipinski definition) is 3. The second-order valence-electron chi connectivity index (χ2n) is 4.57. The predicted octanol–water partition coefficient (Wildman–Crippen LogP) is 1.73. The molecule has 0 aromatic heterocycles. The molecule has 5 nitrogen and oxygen atoms in total. The van der Waals surface area contributed by atoms with Gasteiger partial charge in [0.25, 0.3) is 0 Å². The van der Waals surface area contributed by atoms with E-state index in [1.165, 1.54) is 13.8 Å². The van der Waals surface area contributed by atoms with Crippen LogP contribution in [0.25, 0.3) is 0 Å². The van der Waals surface area contributed by atoms with Crippen LogP contribution >= 0.6 is 0 Å². The van der Waals surface area contributed by atoms with Crippen LogP contribution in [0.3, 0.4) is 0 Å². The summed E-state index contributed by atoms with van der Waals surface area (Å²) in [4.78, 5) is 22.2. The van der Waals surface area contributed by atoms with Crippen molar-refractivity contribution in [2.24, 2.45) is 0 Å². The van der Waals surface area contributed by atoms with Crippen LogP contribution in [-0.4, -0.2) is 28.7 Å². The van der Waals surface area contributed by atoms with Crippen molar-refractivity contribution in [1.82, 2.24) is 10.6 Å². The maximum absolute atomic E-state index is 11.5. The standard InChI is InChI=1S/C11H22N2O3/c1-5-6-7-8(2)12-10(16)13-11(3,4)9(14)15/h8H,5-7H2,1-4H3,(H,14,15)(H2,12,13,16). The number of unbranched alkanes of at least 4 members (excludes halogenated alkanes) is 1. The molecule has 0 aliphatic heterocycles. The van der Waals surface area contributed by atoms with E-state index in [2.05, 4.69) is 17.6 Å². The molecule has 0 radical (unpaired) electrons. The van der Waals surface area contributed by atoms with Crippen molar-refractivity contribution in [2.45, 2.75) is 58.5 Å². The Hall–Kier alpha value is -1.26. The molecule has 3 N–H and O–H groups in total. The summed E-state index contributed by atoms with van der Waals surface area (Å²) in [6.45, 7) is 6.89. The molecule has 0 aliphatic rings. The zero-order valence-corrected chi connectivity index (χ0v) is 10.5. The second kappa shape index (κ2) is 6.35. The second-order valence-corrected chi connectivity index (χ2v) is 4.57. The van der Waals surface area contributed by atoms with Crippen molar-refractivity contribution in [1.29, 1.82) is 0 Å². The van der Waals surface area contributed by atoms with Crippen LogP contribution < -0.4 is 10.6 Å². The summed E-state index contributed by atoms with van der Waals surface area (Å²) in [6.07, 6.45) is 3.02. The highest BCUT2D eigenvalue weighted by molar-refractivity contribution is 5.85. The lowest BCUT2D eigenvalue weighted by Gasteiger charge is -2.23. The minimum Gasteiger partial charge on any atom is -0.480 e. The van der Waals surface area contributed by atoms with E-state index in [-0.39, 0.29) is 6.04 Å². The number of carboxylic acid groups (broad SMARTS) is 1. The van der Waals surface area contributed by atoms with Gasteiger partial charge in [-0.3, -0.25) is 0 Å². The third kappa shape index (κ3) is 5.58. The average molecular weight is 230 g/mol. The SMILES string of the molecule is CCCCC(C)NC(=O)NC(C)(C)C(=O)O. The molecular weight excluding hydrogens is 208 g/mol. The lowest BCUT2D eigenvalue weighted by atomic mass is 10.1. The van der Waals surface area contributed by atoms with Crippen LogP contribution in [0.4, 0.5) is 4.79 Å². The first-order valence-electron chi connectivity index (χ1n) is 5.61. The number of amides is 2. The maximum atomic E-state index is 11.5. The van der Waals surface area contributed by atoms with Crippen molar-refractivity contribution in [3.05, 3.63) is 0 Å². The molecule has 1 unspecified atom stereocenters. The quantitative estimate of drug-likeness (QED) is 0.650. The topological polar surface area (TPSA) is 78.4 Å². The highest BCUT2D eigenvalue weighted by atomic mass is 16.4. The lowest BCUT2D eigenvalue weighted by Crippen LogP contribution is -2.54. The van der Waals surface area contributed by atoms with Gasteiger partial charge < -0.3 is 15.7 Å². The van der Waals surface area contributed by atoms with Crippen LogP contribution in [0.5, 0.6) is 0 Å². The van der Waals surface area contributed by atoms with Crippen LogP contribution in [0.2, 0.25) is 0 Å². The van der Waals surface area contributed by atoms with Crippen LogP contribution in [0, 0.1) is 0 Å². The zero-order valence-electron chi connectivity index (χ0n) is 10.5. The molecule has 0 saturated heterocycles. The molecule has 94 valence electrons. The van der Waals surface area contributed by atoms with Gasteiger partial charge in [-0.1, -0.05) is 19.8 Å². The van der Waals surface area contributed by atoms with Crippen molar-refractivity contribution < 1.29 is 14.7 Å². The highest BCUT2D eigenvalue weighted by Crippen LogP contribution is 2.03. The van der Waals surface area contributed by atoms with E-state index < -0.39 is 17.5 Å². The Morgan fingerprint density at radius 3 is 2.38 bits per heavy atom. The van der Waals surface area contributed by atoms with E-state index in [0.29, 0.717) is 0 Å². The van der Waals surface area contributed by atoms with Gasteiger partial charge in [-0.25, -0.2) is 9.59 Å². The number of aliphatic carboxylic acids is 1. The average Bonchev–Trinajstić information content (AvgIpc) is 2.13. The van der Waals surface area contributed by atoms with Gasteiger partial charge in [-0.15, -0.1) is 0 Å². The predicted molar refractivity (Wildman–Crippen MR) is 62.4 cm³/mol. The van der Waals surface area contributed by atoms with Crippen LogP contribution in [-0.2, 0) is 4.79 Å². The number of rotatable bonds is 6. The molecule has 16 heavy (non-hydrogen) atoms. The van der Waals surface area contributed by atoms with Crippen molar-refractivity contribution >= 4 is 12.0 Å². The molecule has 0 aromatic rings. The van der Waals surface area contributed by atoms with E-state index in [1.54, 1.807) is 0 Å². The molecule has 2 amide bonds. The molecular formula is C11H22N2O3. The molecule has 5 heteroatoms. The summed E-state index contributed by atoms with van der Waals surface area (Å²) in [5, 5.41) is 13.9. The number of nitrogens with one attached hydrogen (secondary N) is 2. The molecule has 1 atom stereocenters. The van der Waals surface area contributed by atoms with E-state index in [4.69, 9.17) is 5.11 Å². The fraction of sp³-hybridized carbons (Fsp3) is 0.818. The third-order valence-electron chi connectivity index (χ3n) is 2.33. The van der Waals surface area contributed by atoms with Crippen molar-refractivity contribution in [3.8, 4) is 0 Å². The largest absolute Gasteiger partial charge is 0.480 e. The minimum atomic E-state index is -1.24. The van der Waals surface area contributed by atoms with E-state index >= 15 is 0 Å². The summed E-state index contributed by atoms with van der Waals surface area (Å²) in [5.41, 5.74) is -1.24. The summed E-state index contributed by atoms with van der Waals surface area (Å²) < 4.78 is 0. The monoisotopic (exact) mass is 230 g/mol. The molecule has 0 saturated carbocycles. The summed E-state index contributed by atoms with van der Waals surface area (Å²) in [5.74, 6) is -1.05. The van der Waals surface area contributed by atoms with Gasteiger partial charge in [0, 0.05) is 6.04 Å². The smallest absolute Gasteiger partial charge is 0.328 e. The Morgan fingerprint density at radius 1 is 1.38 bits per heavy atom. The summed E-state index contributed by atoms with van der Waals surface area (Å²) in [6, 6.07) is -0.374. The highest BCUT2D eigenvalue weighted by Gasteiger charge is 2.29. The van der Waals surface area contributed by atoms with Gasteiger partial charge in [-0.05, 0) is 27.2 Å². The fourth-order valence-electron chi connectivity index (χ4n) is 1.18. The number of carbonyl (C=O) groups is 2. The van der Waals surface area contributed by atoms with Crippen LogP contribution in [0.15, 0.2) is 0 Å². The minimum absolute atomic E-state index is 0.0598. The van der Waals surface area contributed by atoms with E-state index in [1.807, 2.05) is 6.92 Å². The first-order valence-corrected chi connectivity index (χ1v) is 5.61. The van der Waals surface area contributed by atoms with Gasteiger partial charge >= 0.3 is 12.0 Å². The Bertz CT molecular complexity index is 252. The van der Waals surface area contributed by atoms with Crippen molar-refractivity contribution in [3.63, 3.8) is 0 Å². The molecule has 0 aromatic carbocycles. The van der Waals surface area contributed by atoms with Crippen LogP contribution in [0.1, 0.15) is 47.0 Å². The van der Waals surface area contributed by atoms with Gasteiger partial charge in [0.1, 0.15) is 5.54 Å².